The first kappa shape index (κ1) is 15.5. The molecule has 2 rings (SSSR count). The second-order valence-electron chi connectivity index (χ2n) is 4.71. The second kappa shape index (κ2) is 6.74. The van der Waals surface area contributed by atoms with E-state index in [9.17, 15) is 0 Å². The van der Waals surface area contributed by atoms with Crippen LogP contribution in [-0.4, -0.2) is 16.3 Å². The maximum absolute atomic E-state index is 6.44. The normalized spacial score (nSPS) is 12.7. The van der Waals surface area contributed by atoms with Gasteiger partial charge in [0, 0.05) is 11.6 Å². The molecular formula is C15H19BrClN3. The molecule has 0 aliphatic heterocycles. The summed E-state index contributed by atoms with van der Waals surface area (Å²) in [5.74, 6) is 0. The van der Waals surface area contributed by atoms with Crippen LogP contribution in [0, 0.1) is 6.92 Å². The predicted molar refractivity (Wildman–Crippen MR) is 87.3 cm³/mol. The highest BCUT2D eigenvalue weighted by molar-refractivity contribution is 9.10. The lowest BCUT2D eigenvalue weighted by Gasteiger charge is -2.21. The van der Waals surface area contributed by atoms with Crippen molar-refractivity contribution in [2.45, 2.75) is 33.4 Å². The molecular weight excluding hydrogens is 338 g/mol. The fraction of sp³-hybridized carbons (Fsp3) is 0.400. The quantitative estimate of drug-likeness (QED) is 0.864. The van der Waals surface area contributed by atoms with Crippen molar-refractivity contribution in [3.63, 3.8) is 0 Å². The summed E-state index contributed by atoms with van der Waals surface area (Å²) in [5.41, 5.74) is 3.35. The molecule has 3 nitrogen and oxygen atoms in total. The minimum absolute atomic E-state index is 0.0323. The molecule has 0 aliphatic rings. The average Bonchev–Trinajstić information content (AvgIpc) is 2.78. The molecule has 1 N–H and O–H groups in total. The summed E-state index contributed by atoms with van der Waals surface area (Å²) in [6, 6.07) is 6.21. The first-order valence-corrected chi connectivity index (χ1v) is 7.96. The van der Waals surface area contributed by atoms with Crippen LogP contribution in [-0.2, 0) is 6.54 Å². The first-order valence-electron chi connectivity index (χ1n) is 6.79. The Labute approximate surface area is 133 Å². The smallest absolute Gasteiger partial charge is 0.0774 e. The monoisotopic (exact) mass is 355 g/mol. The zero-order valence-corrected chi connectivity index (χ0v) is 14.3. The summed E-state index contributed by atoms with van der Waals surface area (Å²) in [4.78, 5) is 0. The Balaban J connectivity index is 2.53. The fourth-order valence-electron chi connectivity index (χ4n) is 2.34. The molecule has 1 heterocycles. The highest BCUT2D eigenvalue weighted by Crippen LogP contribution is 2.33. The van der Waals surface area contributed by atoms with Gasteiger partial charge in [-0.3, -0.25) is 4.68 Å². The summed E-state index contributed by atoms with van der Waals surface area (Å²) in [5, 5.41) is 8.68. The van der Waals surface area contributed by atoms with Crippen LogP contribution >= 0.6 is 27.5 Å². The third kappa shape index (κ3) is 3.08. The van der Waals surface area contributed by atoms with Crippen LogP contribution in [0.15, 0.2) is 28.9 Å². The Morgan fingerprint density at radius 2 is 2.15 bits per heavy atom. The topological polar surface area (TPSA) is 29.9 Å². The fourth-order valence-corrected chi connectivity index (χ4v) is 3.20. The number of aromatic nitrogens is 2. The van der Waals surface area contributed by atoms with E-state index in [2.05, 4.69) is 52.3 Å². The maximum Gasteiger partial charge on any atom is 0.0774 e. The van der Waals surface area contributed by atoms with Gasteiger partial charge in [0.1, 0.15) is 0 Å². The van der Waals surface area contributed by atoms with Crippen LogP contribution in [0.3, 0.4) is 0 Å². The maximum atomic E-state index is 6.44. The summed E-state index contributed by atoms with van der Waals surface area (Å²) < 4.78 is 3.00. The summed E-state index contributed by atoms with van der Waals surface area (Å²) >= 11 is 10.0. The Bertz CT molecular complexity index is 595. The largest absolute Gasteiger partial charge is 0.305 e. The van der Waals surface area contributed by atoms with E-state index in [4.69, 9.17) is 11.6 Å². The van der Waals surface area contributed by atoms with E-state index in [-0.39, 0.29) is 6.04 Å². The third-order valence-electron chi connectivity index (χ3n) is 3.28. The van der Waals surface area contributed by atoms with Gasteiger partial charge in [-0.25, -0.2) is 0 Å². The number of aryl methyl sites for hydroxylation is 2. The molecule has 20 heavy (non-hydrogen) atoms. The molecule has 1 unspecified atom stereocenters. The predicted octanol–water partition coefficient (Wildman–Crippen LogP) is 4.33. The van der Waals surface area contributed by atoms with Crippen molar-refractivity contribution in [3.05, 3.63) is 50.7 Å². The first-order chi connectivity index (χ1) is 9.58. The van der Waals surface area contributed by atoms with Crippen LogP contribution < -0.4 is 5.32 Å². The third-order valence-corrected chi connectivity index (χ3v) is 4.22. The number of benzene rings is 1. The van der Waals surface area contributed by atoms with Gasteiger partial charge in [-0.15, -0.1) is 0 Å². The van der Waals surface area contributed by atoms with Gasteiger partial charge in [0.05, 0.1) is 22.4 Å². The van der Waals surface area contributed by atoms with Gasteiger partial charge in [-0.05, 0) is 53.5 Å². The van der Waals surface area contributed by atoms with Crippen LogP contribution in [0.4, 0.5) is 0 Å². The van der Waals surface area contributed by atoms with Crippen molar-refractivity contribution in [3.8, 4) is 0 Å². The van der Waals surface area contributed by atoms with Crippen LogP contribution in [0.5, 0.6) is 0 Å². The van der Waals surface area contributed by atoms with Gasteiger partial charge in [-0.2, -0.15) is 5.10 Å². The van der Waals surface area contributed by atoms with Crippen LogP contribution in [0.2, 0.25) is 5.02 Å². The van der Waals surface area contributed by atoms with E-state index in [1.165, 1.54) is 0 Å². The minimum atomic E-state index is 0.0323. The van der Waals surface area contributed by atoms with Gasteiger partial charge in [-0.1, -0.05) is 30.7 Å². The molecule has 0 radical (unpaired) electrons. The van der Waals surface area contributed by atoms with Gasteiger partial charge in [0.15, 0.2) is 0 Å². The Morgan fingerprint density at radius 1 is 1.40 bits per heavy atom. The number of rotatable bonds is 5. The highest BCUT2D eigenvalue weighted by Gasteiger charge is 2.22. The van der Waals surface area contributed by atoms with Gasteiger partial charge in [0.25, 0.3) is 0 Å². The lowest BCUT2D eigenvalue weighted by molar-refractivity contribution is 0.541. The molecule has 0 fully saturated rings. The van der Waals surface area contributed by atoms with Crippen molar-refractivity contribution in [2.75, 3.05) is 6.54 Å². The van der Waals surface area contributed by atoms with Gasteiger partial charge < -0.3 is 5.32 Å². The van der Waals surface area contributed by atoms with Crippen molar-refractivity contribution < 1.29 is 0 Å². The van der Waals surface area contributed by atoms with E-state index in [0.29, 0.717) is 0 Å². The molecule has 1 aromatic carbocycles. The van der Waals surface area contributed by atoms with Gasteiger partial charge in [0.2, 0.25) is 0 Å². The molecule has 108 valence electrons. The molecule has 1 atom stereocenters. The SMILES string of the molecule is CCNC(c1ccc(C)cc1Cl)c1c(Br)cnn1CC. The number of hydrogen-bond donors (Lipinski definition) is 1. The minimum Gasteiger partial charge on any atom is -0.305 e. The van der Waals surface area contributed by atoms with E-state index in [1.54, 1.807) is 0 Å². The number of nitrogens with zero attached hydrogens (tertiary/aromatic N) is 2. The number of nitrogens with one attached hydrogen (secondary N) is 1. The van der Waals surface area contributed by atoms with Gasteiger partial charge >= 0.3 is 0 Å². The summed E-state index contributed by atoms with van der Waals surface area (Å²) in [6.45, 7) is 7.91. The van der Waals surface area contributed by atoms with E-state index in [1.807, 2.05) is 23.9 Å². The average molecular weight is 357 g/mol. The lowest BCUT2D eigenvalue weighted by atomic mass is 10.0. The molecule has 2 aromatic rings. The standard InChI is InChI=1S/C15H19BrClN3/c1-4-18-14(11-7-6-10(3)8-13(11)17)15-12(16)9-19-20(15)5-2/h6-9,14,18H,4-5H2,1-3H3. The second-order valence-corrected chi connectivity index (χ2v) is 5.97. The molecule has 0 spiro atoms. The number of hydrogen-bond acceptors (Lipinski definition) is 2. The zero-order valence-electron chi connectivity index (χ0n) is 12.0. The zero-order chi connectivity index (χ0) is 14.7. The molecule has 1 aromatic heterocycles. The van der Waals surface area contributed by atoms with E-state index >= 15 is 0 Å². The van der Waals surface area contributed by atoms with Crippen molar-refractivity contribution in [2.24, 2.45) is 0 Å². The van der Waals surface area contributed by atoms with Crippen LogP contribution in [0.1, 0.15) is 36.7 Å². The molecule has 0 saturated heterocycles. The molecule has 0 saturated carbocycles. The molecule has 0 bridgehead atoms. The Hall–Kier alpha value is -0.840. The summed E-state index contributed by atoms with van der Waals surface area (Å²) in [6.07, 6.45) is 1.84. The van der Waals surface area contributed by atoms with E-state index < -0.39 is 0 Å². The Kier molecular flexibility index (Phi) is 5.24. The van der Waals surface area contributed by atoms with E-state index in [0.717, 1.165) is 39.4 Å². The number of halogens is 2. The molecule has 5 heteroatoms. The lowest BCUT2D eigenvalue weighted by Crippen LogP contribution is -2.25. The molecule has 0 amide bonds. The van der Waals surface area contributed by atoms with Crippen molar-refractivity contribution in [1.82, 2.24) is 15.1 Å². The van der Waals surface area contributed by atoms with Crippen LogP contribution in [0.25, 0.3) is 0 Å². The Morgan fingerprint density at radius 3 is 2.75 bits per heavy atom. The summed E-state index contributed by atoms with van der Waals surface area (Å²) in [7, 11) is 0. The van der Waals surface area contributed by atoms with Crippen molar-refractivity contribution >= 4 is 27.5 Å². The highest BCUT2D eigenvalue weighted by atomic mass is 79.9. The van der Waals surface area contributed by atoms with Crippen molar-refractivity contribution in [1.29, 1.82) is 0 Å². The molecule has 0 aliphatic carbocycles.